The lowest BCUT2D eigenvalue weighted by atomic mass is 9.91. The van der Waals surface area contributed by atoms with Crippen LogP contribution in [-0.2, 0) is 9.84 Å². The first kappa shape index (κ1) is 13.8. The van der Waals surface area contributed by atoms with E-state index in [-0.39, 0.29) is 0 Å². The highest BCUT2D eigenvalue weighted by atomic mass is 32.2. The Balaban J connectivity index is 2.64. The number of hydrogen-bond donors (Lipinski definition) is 0. The molecule has 0 aromatic heterocycles. The van der Waals surface area contributed by atoms with Crippen LogP contribution >= 0.6 is 0 Å². The molecule has 1 aliphatic rings. The third-order valence-electron chi connectivity index (χ3n) is 3.32. The molecule has 1 aliphatic carbocycles. The highest BCUT2D eigenvalue weighted by Gasteiger charge is 2.28. The summed E-state index contributed by atoms with van der Waals surface area (Å²) in [5.74, 6) is 0. The average Bonchev–Trinajstić information content (AvgIpc) is 2.39. The molecule has 1 aromatic carbocycles. The molecule has 0 fully saturated rings. The van der Waals surface area contributed by atoms with Gasteiger partial charge in [0.05, 0.1) is 9.80 Å². The molecule has 0 spiro atoms. The molecule has 0 aliphatic heterocycles. The molecule has 100 valence electrons. The molecule has 2 nitrogen and oxygen atoms in total. The molecule has 19 heavy (non-hydrogen) atoms. The van der Waals surface area contributed by atoms with Gasteiger partial charge >= 0.3 is 0 Å². The summed E-state index contributed by atoms with van der Waals surface area (Å²) in [7, 11) is -3.43. The van der Waals surface area contributed by atoms with Crippen LogP contribution in [0.25, 0.3) is 0 Å². The smallest absolute Gasteiger partial charge is 0.203 e. The van der Waals surface area contributed by atoms with Crippen LogP contribution < -0.4 is 0 Å². The van der Waals surface area contributed by atoms with Crippen molar-refractivity contribution in [3.63, 3.8) is 0 Å². The molecule has 0 radical (unpaired) electrons. The second kappa shape index (κ2) is 5.17. The summed E-state index contributed by atoms with van der Waals surface area (Å²) in [4.78, 5) is 0.820. The summed E-state index contributed by atoms with van der Waals surface area (Å²) in [6.45, 7) is 9.73. The van der Waals surface area contributed by atoms with Crippen LogP contribution in [0.4, 0.5) is 0 Å². The molecule has 1 aromatic rings. The first-order valence-corrected chi connectivity index (χ1v) is 7.80. The van der Waals surface area contributed by atoms with E-state index < -0.39 is 9.84 Å². The molecule has 0 amide bonds. The highest BCUT2D eigenvalue weighted by Crippen LogP contribution is 2.37. The molecule has 0 bridgehead atoms. The van der Waals surface area contributed by atoms with E-state index in [0.717, 1.165) is 29.6 Å². The number of rotatable bonds is 3. The number of allylic oxidation sites excluding steroid dienone is 4. The van der Waals surface area contributed by atoms with Crippen molar-refractivity contribution in [1.29, 1.82) is 0 Å². The van der Waals surface area contributed by atoms with Gasteiger partial charge in [0, 0.05) is 0 Å². The van der Waals surface area contributed by atoms with Gasteiger partial charge < -0.3 is 0 Å². The van der Waals surface area contributed by atoms with Crippen molar-refractivity contribution < 1.29 is 8.42 Å². The topological polar surface area (TPSA) is 34.1 Å². The predicted octanol–water partition coefficient (Wildman–Crippen LogP) is 4.03. The van der Waals surface area contributed by atoms with Crippen molar-refractivity contribution in [3.05, 3.63) is 65.1 Å². The lowest BCUT2D eigenvalue weighted by molar-refractivity contribution is 0.597. The second-order valence-corrected chi connectivity index (χ2v) is 6.82. The van der Waals surface area contributed by atoms with E-state index in [1.165, 1.54) is 0 Å². The molecule has 0 unspecified atom stereocenters. The lowest BCUT2D eigenvalue weighted by Crippen LogP contribution is -2.13. The normalized spacial score (nSPS) is 16.6. The van der Waals surface area contributed by atoms with Gasteiger partial charge in [0.25, 0.3) is 0 Å². The van der Waals surface area contributed by atoms with Crippen LogP contribution in [0.1, 0.15) is 26.2 Å². The predicted molar refractivity (Wildman–Crippen MR) is 78.5 cm³/mol. The Morgan fingerprint density at radius 1 is 1.16 bits per heavy atom. The molecule has 0 saturated heterocycles. The van der Waals surface area contributed by atoms with Crippen molar-refractivity contribution >= 4 is 9.84 Å². The van der Waals surface area contributed by atoms with Crippen LogP contribution in [0.2, 0.25) is 0 Å². The Kier molecular flexibility index (Phi) is 3.76. The fourth-order valence-corrected chi connectivity index (χ4v) is 4.26. The summed E-state index contributed by atoms with van der Waals surface area (Å²) in [5, 5.41) is 0. The molecule has 0 saturated carbocycles. The van der Waals surface area contributed by atoms with Crippen molar-refractivity contribution in [3.8, 4) is 0 Å². The van der Waals surface area contributed by atoms with Crippen LogP contribution in [-0.4, -0.2) is 8.42 Å². The Bertz CT molecular complexity index is 649. The molecule has 3 heteroatoms. The van der Waals surface area contributed by atoms with Gasteiger partial charge in [0.15, 0.2) is 0 Å². The van der Waals surface area contributed by atoms with Crippen molar-refractivity contribution in [2.24, 2.45) is 0 Å². The number of benzene rings is 1. The van der Waals surface area contributed by atoms with Crippen LogP contribution in [0.15, 0.2) is 70.0 Å². The molecular weight excluding hydrogens is 256 g/mol. The third-order valence-corrected chi connectivity index (χ3v) is 5.27. The van der Waals surface area contributed by atoms with Crippen LogP contribution in [0.5, 0.6) is 0 Å². The lowest BCUT2D eigenvalue weighted by Gasteiger charge is -2.22. The van der Waals surface area contributed by atoms with Gasteiger partial charge in [-0.25, -0.2) is 8.42 Å². The van der Waals surface area contributed by atoms with Gasteiger partial charge in [0.1, 0.15) is 0 Å². The fraction of sp³-hybridized carbons (Fsp3) is 0.250. The number of hydrogen-bond acceptors (Lipinski definition) is 2. The summed E-state index contributed by atoms with van der Waals surface area (Å²) in [6.07, 6.45) is 2.24. The van der Waals surface area contributed by atoms with Crippen molar-refractivity contribution in [2.45, 2.75) is 31.1 Å². The van der Waals surface area contributed by atoms with E-state index in [9.17, 15) is 8.42 Å². The van der Waals surface area contributed by atoms with Gasteiger partial charge in [-0.1, -0.05) is 31.4 Å². The van der Waals surface area contributed by atoms with E-state index in [4.69, 9.17) is 0 Å². The highest BCUT2D eigenvalue weighted by molar-refractivity contribution is 7.95. The monoisotopic (exact) mass is 274 g/mol. The van der Waals surface area contributed by atoms with E-state index >= 15 is 0 Å². The minimum Gasteiger partial charge on any atom is -0.219 e. The summed E-state index contributed by atoms with van der Waals surface area (Å²) < 4.78 is 25.4. The zero-order valence-corrected chi connectivity index (χ0v) is 12.0. The summed E-state index contributed by atoms with van der Waals surface area (Å²) in [5.41, 5.74) is 2.41. The molecule has 2 rings (SSSR count). The maximum absolute atomic E-state index is 12.7. The average molecular weight is 274 g/mol. The zero-order chi connectivity index (χ0) is 14.0. The Morgan fingerprint density at radius 3 is 2.37 bits per heavy atom. The van der Waals surface area contributed by atoms with E-state index in [1.54, 1.807) is 24.3 Å². The van der Waals surface area contributed by atoms with Gasteiger partial charge in [-0.2, -0.15) is 0 Å². The third kappa shape index (κ3) is 2.56. The molecule has 0 heterocycles. The fourth-order valence-electron chi connectivity index (χ4n) is 2.46. The van der Waals surface area contributed by atoms with Gasteiger partial charge in [-0.05, 0) is 55.0 Å². The maximum atomic E-state index is 12.7. The maximum Gasteiger partial charge on any atom is 0.203 e. The first-order chi connectivity index (χ1) is 8.94. The number of sulfone groups is 1. The Hall–Kier alpha value is -1.61. The molecule has 0 atom stereocenters. The molecule has 0 N–H and O–H groups in total. The van der Waals surface area contributed by atoms with Gasteiger partial charge in [0.2, 0.25) is 9.84 Å². The summed E-state index contributed by atoms with van der Waals surface area (Å²) >= 11 is 0. The van der Waals surface area contributed by atoms with Gasteiger partial charge in [-0.3, -0.25) is 0 Å². The van der Waals surface area contributed by atoms with Crippen LogP contribution in [0, 0.1) is 0 Å². The standard InChI is InChI=1S/C16H18O2S/c1-12(2)16-13(3)8-7-11-15(16)19(17,18)14-9-5-4-6-10-14/h4-6,9-10H,1,3,7-8,11H2,2H3. The minimum atomic E-state index is -3.43. The Labute approximate surface area is 115 Å². The minimum absolute atomic E-state index is 0.346. The van der Waals surface area contributed by atoms with Gasteiger partial charge in [-0.15, -0.1) is 0 Å². The molecular formula is C16H18O2S. The van der Waals surface area contributed by atoms with Crippen LogP contribution in [0.3, 0.4) is 0 Å². The second-order valence-electron chi connectivity index (χ2n) is 4.85. The Morgan fingerprint density at radius 2 is 1.79 bits per heavy atom. The summed E-state index contributed by atoms with van der Waals surface area (Å²) in [6, 6.07) is 8.56. The SMILES string of the molecule is C=C(C)C1=C(S(=O)(=O)c2ccccc2)CCCC1=C. The van der Waals surface area contributed by atoms with E-state index in [2.05, 4.69) is 13.2 Å². The largest absolute Gasteiger partial charge is 0.219 e. The van der Waals surface area contributed by atoms with Crippen molar-refractivity contribution in [2.75, 3.05) is 0 Å². The quantitative estimate of drug-likeness (QED) is 0.834. The first-order valence-electron chi connectivity index (χ1n) is 6.32. The van der Waals surface area contributed by atoms with Crippen molar-refractivity contribution in [1.82, 2.24) is 0 Å². The van der Waals surface area contributed by atoms with E-state index in [0.29, 0.717) is 16.2 Å². The van der Waals surface area contributed by atoms with E-state index in [1.807, 2.05) is 13.0 Å². The zero-order valence-electron chi connectivity index (χ0n) is 11.1.